The van der Waals surface area contributed by atoms with E-state index in [1.54, 1.807) is 31.1 Å². The van der Waals surface area contributed by atoms with Crippen LogP contribution in [0.25, 0.3) is 5.69 Å². The second kappa shape index (κ2) is 6.91. The van der Waals surface area contributed by atoms with E-state index in [9.17, 15) is 4.79 Å². The molecule has 2 aromatic heterocycles. The molecule has 0 saturated heterocycles. The van der Waals surface area contributed by atoms with Crippen LogP contribution in [0.1, 0.15) is 21.7 Å². The van der Waals surface area contributed by atoms with Crippen LogP contribution in [0.3, 0.4) is 0 Å². The van der Waals surface area contributed by atoms with Gasteiger partial charge in [-0.05, 0) is 30.7 Å². The number of hydrogen-bond acceptors (Lipinski definition) is 5. The quantitative estimate of drug-likeness (QED) is 0.775. The second-order valence-electron chi connectivity index (χ2n) is 5.18. The Morgan fingerprint density at radius 3 is 2.92 bits per heavy atom. The molecule has 3 rings (SSSR count). The number of hydrogen-bond donors (Lipinski definition) is 1. The molecule has 1 N–H and O–H groups in total. The molecule has 24 heavy (non-hydrogen) atoms. The molecule has 0 aliphatic rings. The van der Waals surface area contributed by atoms with Gasteiger partial charge in [0.2, 0.25) is 0 Å². The molecule has 0 aliphatic heterocycles. The fourth-order valence-corrected chi connectivity index (χ4v) is 2.30. The lowest BCUT2D eigenvalue weighted by atomic mass is 10.2. The lowest BCUT2D eigenvalue weighted by Gasteiger charge is -2.06. The normalized spacial score (nSPS) is 10.4. The molecule has 2 heterocycles. The maximum absolute atomic E-state index is 12.3. The van der Waals surface area contributed by atoms with E-state index in [0.29, 0.717) is 23.7 Å². The van der Waals surface area contributed by atoms with E-state index in [-0.39, 0.29) is 5.91 Å². The van der Waals surface area contributed by atoms with Crippen molar-refractivity contribution in [2.75, 3.05) is 7.11 Å². The van der Waals surface area contributed by atoms with Crippen LogP contribution in [0.5, 0.6) is 5.75 Å². The first-order valence-corrected chi connectivity index (χ1v) is 7.43. The molecule has 0 unspecified atom stereocenters. The predicted octanol–water partition coefficient (Wildman–Crippen LogP) is 1.91. The van der Waals surface area contributed by atoms with Crippen molar-refractivity contribution in [1.29, 1.82) is 0 Å². The Kier molecular flexibility index (Phi) is 4.51. The Labute approximate surface area is 139 Å². The highest BCUT2D eigenvalue weighted by Gasteiger charge is 2.17. The molecule has 7 heteroatoms. The second-order valence-corrected chi connectivity index (χ2v) is 5.18. The van der Waals surface area contributed by atoms with Crippen LogP contribution in [-0.2, 0) is 6.54 Å². The highest BCUT2D eigenvalue weighted by Crippen LogP contribution is 2.18. The Hall–Kier alpha value is -3.22. The molecule has 0 saturated carbocycles. The third-order valence-electron chi connectivity index (χ3n) is 3.58. The number of benzene rings is 1. The lowest BCUT2D eigenvalue weighted by Crippen LogP contribution is -2.24. The van der Waals surface area contributed by atoms with E-state index in [1.165, 1.54) is 0 Å². The third kappa shape index (κ3) is 3.24. The molecule has 122 valence electrons. The minimum absolute atomic E-state index is 0.273. The number of carbonyl (C=O) groups excluding carboxylic acids is 1. The molecule has 0 aliphatic carbocycles. The van der Waals surface area contributed by atoms with Crippen LogP contribution in [0.15, 0.2) is 48.8 Å². The van der Waals surface area contributed by atoms with E-state index in [1.807, 2.05) is 36.4 Å². The minimum atomic E-state index is -0.273. The first-order chi connectivity index (χ1) is 11.7. The maximum atomic E-state index is 12.3. The highest BCUT2D eigenvalue weighted by molar-refractivity contribution is 5.93. The van der Waals surface area contributed by atoms with Gasteiger partial charge in [0.05, 0.1) is 18.5 Å². The van der Waals surface area contributed by atoms with E-state index >= 15 is 0 Å². The molecular formula is C17H17N5O2. The number of carbonyl (C=O) groups is 1. The highest BCUT2D eigenvalue weighted by atomic mass is 16.5. The van der Waals surface area contributed by atoms with Gasteiger partial charge in [0, 0.05) is 25.0 Å². The smallest absolute Gasteiger partial charge is 0.274 e. The zero-order valence-electron chi connectivity index (χ0n) is 13.4. The Morgan fingerprint density at radius 2 is 2.17 bits per heavy atom. The zero-order valence-corrected chi connectivity index (χ0v) is 13.4. The van der Waals surface area contributed by atoms with E-state index in [0.717, 1.165) is 11.3 Å². The summed E-state index contributed by atoms with van der Waals surface area (Å²) in [5, 5.41) is 10.9. The average molecular weight is 323 g/mol. The summed E-state index contributed by atoms with van der Waals surface area (Å²) in [4.78, 5) is 16.4. The van der Waals surface area contributed by atoms with E-state index in [4.69, 9.17) is 4.74 Å². The summed E-state index contributed by atoms with van der Waals surface area (Å²) in [6.07, 6.45) is 3.40. The molecule has 7 nitrogen and oxygen atoms in total. The number of aromatic nitrogens is 4. The largest absolute Gasteiger partial charge is 0.497 e. The number of amides is 1. The zero-order chi connectivity index (χ0) is 16.9. The summed E-state index contributed by atoms with van der Waals surface area (Å²) < 4.78 is 6.82. The van der Waals surface area contributed by atoms with Crippen LogP contribution in [-0.4, -0.2) is 33.0 Å². The summed E-state index contributed by atoms with van der Waals surface area (Å²) in [5.41, 5.74) is 2.66. The maximum Gasteiger partial charge on any atom is 0.274 e. The van der Waals surface area contributed by atoms with Gasteiger partial charge in [0.15, 0.2) is 5.69 Å². The lowest BCUT2D eigenvalue weighted by molar-refractivity contribution is 0.0945. The Balaban J connectivity index is 1.77. The van der Waals surface area contributed by atoms with Crippen molar-refractivity contribution in [3.05, 3.63) is 65.7 Å². The summed E-state index contributed by atoms with van der Waals surface area (Å²) >= 11 is 0. The van der Waals surface area contributed by atoms with Gasteiger partial charge in [0.25, 0.3) is 5.91 Å². The molecule has 0 bridgehead atoms. The van der Waals surface area contributed by atoms with Crippen molar-refractivity contribution in [3.8, 4) is 11.4 Å². The van der Waals surface area contributed by atoms with Crippen molar-refractivity contribution >= 4 is 5.91 Å². The fraction of sp³-hybridized carbons (Fsp3) is 0.176. The molecular weight excluding hydrogens is 306 g/mol. The summed E-state index contributed by atoms with van der Waals surface area (Å²) in [6.45, 7) is 2.19. The predicted molar refractivity (Wildman–Crippen MR) is 88.1 cm³/mol. The van der Waals surface area contributed by atoms with E-state index in [2.05, 4.69) is 20.6 Å². The van der Waals surface area contributed by atoms with Crippen molar-refractivity contribution in [1.82, 2.24) is 25.3 Å². The molecule has 0 spiro atoms. The van der Waals surface area contributed by atoms with Crippen molar-refractivity contribution in [3.63, 3.8) is 0 Å². The van der Waals surface area contributed by atoms with Gasteiger partial charge in [-0.25, -0.2) is 4.68 Å². The first kappa shape index (κ1) is 15.7. The number of methoxy groups -OCH3 is 1. The third-order valence-corrected chi connectivity index (χ3v) is 3.58. The number of rotatable bonds is 5. The summed E-state index contributed by atoms with van der Waals surface area (Å²) in [7, 11) is 1.60. The number of pyridine rings is 1. The number of nitrogens with zero attached hydrogens (tertiary/aromatic N) is 4. The minimum Gasteiger partial charge on any atom is -0.497 e. The first-order valence-electron chi connectivity index (χ1n) is 7.43. The van der Waals surface area contributed by atoms with Crippen LogP contribution < -0.4 is 10.1 Å². The topological polar surface area (TPSA) is 81.9 Å². The summed E-state index contributed by atoms with van der Waals surface area (Å²) in [5.74, 6) is 0.440. The van der Waals surface area contributed by atoms with Gasteiger partial charge in [0.1, 0.15) is 5.75 Å². The molecule has 3 aromatic rings. The van der Waals surface area contributed by atoms with Crippen LogP contribution in [0, 0.1) is 6.92 Å². The average Bonchev–Trinajstić information content (AvgIpc) is 3.02. The Bertz CT molecular complexity index is 845. The fourth-order valence-electron chi connectivity index (χ4n) is 2.30. The van der Waals surface area contributed by atoms with Crippen molar-refractivity contribution < 1.29 is 9.53 Å². The van der Waals surface area contributed by atoms with Crippen LogP contribution >= 0.6 is 0 Å². The van der Waals surface area contributed by atoms with Gasteiger partial charge in [-0.3, -0.25) is 9.78 Å². The SMILES string of the molecule is COc1cccc(-n2nnc(C(=O)NCc3cccnc3)c2C)c1. The van der Waals surface area contributed by atoms with E-state index < -0.39 is 0 Å². The Morgan fingerprint density at radius 1 is 1.29 bits per heavy atom. The standard InChI is InChI=1S/C17H17N5O2/c1-12-16(17(23)19-11-13-5-4-8-18-10-13)20-21-22(12)14-6-3-7-15(9-14)24-2/h3-10H,11H2,1-2H3,(H,19,23). The number of nitrogens with one attached hydrogen (secondary N) is 1. The van der Waals surface area contributed by atoms with Gasteiger partial charge in [-0.1, -0.05) is 17.3 Å². The molecule has 1 amide bonds. The van der Waals surface area contributed by atoms with Gasteiger partial charge in [-0.2, -0.15) is 0 Å². The molecule has 1 aromatic carbocycles. The number of ether oxygens (including phenoxy) is 1. The summed E-state index contributed by atoms with van der Waals surface area (Å²) in [6, 6.07) is 11.1. The van der Waals surface area contributed by atoms with Gasteiger partial charge >= 0.3 is 0 Å². The van der Waals surface area contributed by atoms with Crippen LogP contribution in [0.2, 0.25) is 0 Å². The van der Waals surface area contributed by atoms with Crippen molar-refractivity contribution in [2.45, 2.75) is 13.5 Å². The van der Waals surface area contributed by atoms with Crippen molar-refractivity contribution in [2.24, 2.45) is 0 Å². The van der Waals surface area contributed by atoms with Gasteiger partial charge < -0.3 is 10.1 Å². The molecule has 0 fully saturated rings. The van der Waals surface area contributed by atoms with Gasteiger partial charge in [-0.15, -0.1) is 5.10 Å². The van der Waals surface area contributed by atoms with Crippen LogP contribution in [0.4, 0.5) is 0 Å². The molecule has 0 radical (unpaired) electrons. The molecule has 0 atom stereocenters. The monoisotopic (exact) mass is 323 g/mol.